The lowest BCUT2D eigenvalue weighted by atomic mass is 9.83. The Balaban J connectivity index is 2.16. The smallest absolute Gasteiger partial charge is 0.407 e. The highest BCUT2D eigenvalue weighted by molar-refractivity contribution is 6.06. The zero-order valence-electron chi connectivity index (χ0n) is 16.2. The number of carbonyl (C=O) groups is 4. The van der Waals surface area contributed by atoms with Crippen LogP contribution in [0.3, 0.4) is 0 Å². The van der Waals surface area contributed by atoms with E-state index in [1.165, 1.54) is 11.0 Å². The summed E-state index contributed by atoms with van der Waals surface area (Å²) in [5, 5.41) is 2.54. The molecule has 1 fully saturated rings. The lowest BCUT2D eigenvalue weighted by molar-refractivity contribution is -0.156. The van der Waals surface area contributed by atoms with Crippen molar-refractivity contribution in [1.29, 1.82) is 0 Å². The maximum absolute atomic E-state index is 12.6. The number of nitrogens with zero attached hydrogens (tertiary/aromatic N) is 1. The van der Waals surface area contributed by atoms with Crippen LogP contribution >= 0.6 is 0 Å². The quantitative estimate of drug-likeness (QED) is 0.207. The Bertz CT molecular complexity index is 686. The fraction of sp³-hybridized carbons (Fsp3) is 0.579. The molecule has 0 radical (unpaired) electrons. The van der Waals surface area contributed by atoms with Crippen LogP contribution in [-0.2, 0) is 28.6 Å². The Kier molecular flexibility index (Phi) is 7.60. The van der Waals surface area contributed by atoms with Gasteiger partial charge in [0.25, 0.3) is 5.91 Å². The second-order valence-corrected chi connectivity index (χ2v) is 6.36. The molecule has 2 atom stereocenters. The van der Waals surface area contributed by atoms with Crippen molar-refractivity contribution in [3.8, 4) is 0 Å². The van der Waals surface area contributed by atoms with Crippen LogP contribution in [0.15, 0.2) is 23.9 Å². The zero-order valence-corrected chi connectivity index (χ0v) is 16.2. The summed E-state index contributed by atoms with van der Waals surface area (Å²) in [6, 6.07) is -1.25. The maximum atomic E-state index is 12.6. The van der Waals surface area contributed by atoms with Crippen LogP contribution < -0.4 is 5.32 Å². The molecular weight excluding hydrogens is 368 g/mol. The second-order valence-electron chi connectivity index (χ2n) is 6.36. The van der Waals surface area contributed by atoms with Crippen LogP contribution in [0.1, 0.15) is 39.5 Å². The molecule has 1 N–H and O–H groups in total. The average molecular weight is 394 g/mol. The molecule has 0 saturated carbocycles. The molecule has 2 heterocycles. The number of nitrogens with one attached hydrogen (secondary N) is 1. The van der Waals surface area contributed by atoms with Gasteiger partial charge in [0, 0.05) is 0 Å². The highest BCUT2D eigenvalue weighted by Gasteiger charge is 2.54. The van der Waals surface area contributed by atoms with Gasteiger partial charge in [0.2, 0.25) is 0 Å². The SMILES string of the molecule is C=CCOC(=O)C1=C(C(=O)OCC)CC[C@H]2[C@H](NC(=O)OCCCC)C(=O)N12. The van der Waals surface area contributed by atoms with Crippen molar-refractivity contribution in [2.24, 2.45) is 0 Å². The van der Waals surface area contributed by atoms with Gasteiger partial charge in [-0.15, -0.1) is 0 Å². The Morgan fingerprint density at radius 3 is 2.61 bits per heavy atom. The van der Waals surface area contributed by atoms with Gasteiger partial charge in [-0.05, 0) is 26.2 Å². The lowest BCUT2D eigenvalue weighted by Gasteiger charge is -2.49. The molecule has 9 heteroatoms. The normalized spacial score (nSPS) is 20.6. The Morgan fingerprint density at radius 1 is 1.21 bits per heavy atom. The molecule has 2 aliphatic rings. The van der Waals surface area contributed by atoms with E-state index >= 15 is 0 Å². The molecular formula is C19H26N2O7. The fourth-order valence-electron chi connectivity index (χ4n) is 3.15. The number of hydrogen-bond donors (Lipinski definition) is 1. The zero-order chi connectivity index (χ0) is 20.7. The lowest BCUT2D eigenvalue weighted by Crippen LogP contribution is -2.71. The first-order valence-electron chi connectivity index (χ1n) is 9.40. The number of alkyl carbamates (subject to hydrolysis) is 1. The van der Waals surface area contributed by atoms with Crippen LogP contribution in [0.25, 0.3) is 0 Å². The molecule has 9 nitrogen and oxygen atoms in total. The summed E-state index contributed by atoms with van der Waals surface area (Å²) in [5.74, 6) is -1.95. The first-order chi connectivity index (χ1) is 13.5. The maximum Gasteiger partial charge on any atom is 0.407 e. The van der Waals surface area contributed by atoms with Crippen LogP contribution in [0.2, 0.25) is 0 Å². The van der Waals surface area contributed by atoms with Crippen molar-refractivity contribution in [2.75, 3.05) is 19.8 Å². The Hall–Kier alpha value is -2.84. The van der Waals surface area contributed by atoms with Crippen LogP contribution in [-0.4, -0.2) is 60.7 Å². The van der Waals surface area contributed by atoms with E-state index in [1.807, 2.05) is 6.92 Å². The number of amides is 2. The number of rotatable bonds is 9. The van der Waals surface area contributed by atoms with Gasteiger partial charge in [-0.25, -0.2) is 14.4 Å². The third kappa shape index (κ3) is 4.52. The van der Waals surface area contributed by atoms with E-state index in [0.29, 0.717) is 6.42 Å². The fourth-order valence-corrected chi connectivity index (χ4v) is 3.15. The highest BCUT2D eigenvalue weighted by Crippen LogP contribution is 2.37. The van der Waals surface area contributed by atoms with E-state index in [0.717, 1.165) is 12.8 Å². The van der Waals surface area contributed by atoms with Gasteiger partial charge in [-0.3, -0.25) is 9.69 Å². The minimum Gasteiger partial charge on any atom is -0.463 e. The minimum absolute atomic E-state index is 0.0590. The molecule has 0 aromatic rings. The van der Waals surface area contributed by atoms with Crippen molar-refractivity contribution in [1.82, 2.24) is 10.2 Å². The summed E-state index contributed by atoms with van der Waals surface area (Å²) in [5.41, 5.74) is -0.0246. The van der Waals surface area contributed by atoms with Gasteiger partial charge >= 0.3 is 18.0 Å². The Morgan fingerprint density at radius 2 is 1.96 bits per heavy atom. The minimum atomic E-state index is -0.805. The van der Waals surface area contributed by atoms with Crippen LogP contribution in [0.5, 0.6) is 0 Å². The molecule has 28 heavy (non-hydrogen) atoms. The van der Waals surface area contributed by atoms with Crippen LogP contribution in [0, 0.1) is 0 Å². The summed E-state index contributed by atoms with van der Waals surface area (Å²) in [6.07, 6.45) is 2.95. The molecule has 0 unspecified atom stereocenters. The van der Waals surface area contributed by atoms with E-state index in [2.05, 4.69) is 11.9 Å². The van der Waals surface area contributed by atoms with E-state index in [9.17, 15) is 19.2 Å². The number of β-lactam (4-membered cyclic amide) rings is 1. The average Bonchev–Trinajstić information content (AvgIpc) is 2.69. The topological polar surface area (TPSA) is 111 Å². The molecule has 154 valence electrons. The van der Waals surface area contributed by atoms with E-state index in [4.69, 9.17) is 14.2 Å². The summed E-state index contributed by atoms with van der Waals surface area (Å²) in [6.45, 7) is 7.44. The first kappa shape index (κ1) is 21.5. The van der Waals surface area contributed by atoms with Gasteiger partial charge < -0.3 is 19.5 Å². The van der Waals surface area contributed by atoms with Crippen molar-refractivity contribution < 1.29 is 33.4 Å². The summed E-state index contributed by atoms with van der Waals surface area (Å²) in [4.78, 5) is 50.4. The van der Waals surface area contributed by atoms with Gasteiger partial charge in [-0.1, -0.05) is 26.0 Å². The van der Waals surface area contributed by atoms with Crippen molar-refractivity contribution >= 4 is 23.9 Å². The predicted molar refractivity (Wildman–Crippen MR) is 97.9 cm³/mol. The first-order valence-corrected chi connectivity index (χ1v) is 9.40. The third-order valence-corrected chi connectivity index (χ3v) is 4.49. The largest absolute Gasteiger partial charge is 0.463 e. The van der Waals surface area contributed by atoms with Crippen molar-refractivity contribution in [2.45, 2.75) is 51.6 Å². The molecule has 0 aromatic carbocycles. The van der Waals surface area contributed by atoms with Crippen molar-refractivity contribution in [3.05, 3.63) is 23.9 Å². The summed E-state index contributed by atoms with van der Waals surface area (Å²) < 4.78 is 15.1. The van der Waals surface area contributed by atoms with E-state index in [-0.39, 0.29) is 37.5 Å². The van der Waals surface area contributed by atoms with Gasteiger partial charge in [0.15, 0.2) is 0 Å². The monoisotopic (exact) mass is 394 g/mol. The number of esters is 2. The molecule has 2 aliphatic heterocycles. The number of ether oxygens (including phenoxy) is 3. The van der Waals surface area contributed by atoms with Crippen molar-refractivity contribution in [3.63, 3.8) is 0 Å². The number of carbonyl (C=O) groups excluding carboxylic acids is 4. The van der Waals surface area contributed by atoms with Gasteiger partial charge in [-0.2, -0.15) is 0 Å². The highest BCUT2D eigenvalue weighted by atomic mass is 16.6. The van der Waals surface area contributed by atoms with E-state index < -0.39 is 36.0 Å². The van der Waals surface area contributed by atoms with Gasteiger partial charge in [0.05, 0.1) is 24.8 Å². The van der Waals surface area contributed by atoms with Gasteiger partial charge in [0.1, 0.15) is 18.3 Å². The molecule has 0 spiro atoms. The molecule has 2 amide bonds. The molecule has 1 saturated heterocycles. The molecule has 0 aromatic heterocycles. The van der Waals surface area contributed by atoms with E-state index in [1.54, 1.807) is 6.92 Å². The number of fused-ring (bicyclic) bond motifs is 1. The predicted octanol–water partition coefficient (Wildman–Crippen LogP) is 1.43. The molecule has 2 rings (SSSR count). The molecule has 0 bridgehead atoms. The second kappa shape index (κ2) is 9.91. The summed E-state index contributed by atoms with van der Waals surface area (Å²) in [7, 11) is 0. The Labute approximate surface area is 163 Å². The molecule has 0 aliphatic carbocycles. The standard InChI is InChI=1S/C19H26N2O7/c1-4-7-11-28-19(25)20-14-13-9-8-12(17(23)26-6-3)15(21(13)16(14)22)18(24)27-10-5-2/h5,13-14H,2,4,6-11H2,1,3H3,(H,20,25)/t13-,14-/m0/s1. The summed E-state index contributed by atoms with van der Waals surface area (Å²) >= 11 is 0. The number of unbranched alkanes of at least 4 members (excludes halogenated alkanes) is 1. The van der Waals surface area contributed by atoms with Crippen LogP contribution in [0.4, 0.5) is 4.79 Å². The number of hydrogen-bond acceptors (Lipinski definition) is 7. The third-order valence-electron chi connectivity index (χ3n) is 4.49.